The molecule has 122 valence electrons. The van der Waals surface area contributed by atoms with Gasteiger partial charge in [-0.15, -0.1) is 0 Å². The van der Waals surface area contributed by atoms with E-state index in [1.807, 2.05) is 31.3 Å². The standard InChI is InChI=1S/C19H18N2O3/c1-18(2)15-6-4-5-7-16(15)20(3)19(18)11-10-13-12-14(21(22)23)8-9-17(13)24-19/h4-12H,1-3H3. The Bertz CT molecular complexity index is 888. The van der Waals surface area contributed by atoms with Crippen molar-refractivity contribution in [1.29, 1.82) is 0 Å². The largest absolute Gasteiger partial charge is 0.463 e. The smallest absolute Gasteiger partial charge is 0.270 e. The van der Waals surface area contributed by atoms with Crippen LogP contribution in [-0.4, -0.2) is 17.7 Å². The first kappa shape index (κ1) is 14.8. The van der Waals surface area contributed by atoms with Crippen molar-refractivity contribution in [3.05, 3.63) is 69.8 Å². The van der Waals surface area contributed by atoms with Crippen LogP contribution in [0, 0.1) is 10.1 Å². The Morgan fingerprint density at radius 1 is 1.17 bits per heavy atom. The van der Waals surface area contributed by atoms with Gasteiger partial charge in [-0.25, -0.2) is 0 Å². The van der Waals surface area contributed by atoms with E-state index < -0.39 is 5.72 Å². The van der Waals surface area contributed by atoms with Gasteiger partial charge in [-0.05, 0) is 43.7 Å². The van der Waals surface area contributed by atoms with Crippen LogP contribution in [0.15, 0.2) is 48.5 Å². The Balaban J connectivity index is 1.84. The van der Waals surface area contributed by atoms with Gasteiger partial charge in [0.15, 0.2) is 0 Å². The molecular formula is C19H18N2O3. The first-order chi connectivity index (χ1) is 11.4. The van der Waals surface area contributed by atoms with Gasteiger partial charge in [0.25, 0.3) is 5.69 Å². The zero-order valence-corrected chi connectivity index (χ0v) is 13.8. The number of non-ortho nitro benzene ring substituents is 1. The molecule has 24 heavy (non-hydrogen) atoms. The van der Waals surface area contributed by atoms with Crippen LogP contribution in [0.5, 0.6) is 5.75 Å². The van der Waals surface area contributed by atoms with E-state index in [2.05, 4.69) is 30.9 Å². The number of likely N-dealkylation sites (N-methyl/N-ethyl adjacent to an activating group) is 1. The highest BCUT2D eigenvalue weighted by Gasteiger charge is 2.57. The predicted molar refractivity (Wildman–Crippen MR) is 93.4 cm³/mol. The molecule has 2 aromatic carbocycles. The minimum absolute atomic E-state index is 0.0697. The lowest BCUT2D eigenvalue weighted by molar-refractivity contribution is -0.384. The van der Waals surface area contributed by atoms with E-state index in [-0.39, 0.29) is 16.0 Å². The third-order valence-corrected chi connectivity index (χ3v) is 5.29. The lowest BCUT2D eigenvalue weighted by Crippen LogP contribution is -2.58. The molecule has 0 aromatic heterocycles. The molecule has 0 aliphatic carbocycles. The molecule has 0 saturated heterocycles. The zero-order valence-electron chi connectivity index (χ0n) is 13.8. The maximum atomic E-state index is 11.0. The average Bonchev–Trinajstić information content (AvgIpc) is 2.74. The average molecular weight is 322 g/mol. The van der Waals surface area contributed by atoms with Crippen molar-refractivity contribution < 1.29 is 9.66 Å². The number of ether oxygens (including phenoxy) is 1. The Morgan fingerprint density at radius 2 is 1.92 bits per heavy atom. The summed E-state index contributed by atoms with van der Waals surface area (Å²) < 4.78 is 6.44. The summed E-state index contributed by atoms with van der Waals surface area (Å²) in [5.41, 5.74) is 2.24. The fourth-order valence-electron chi connectivity index (χ4n) is 3.88. The van der Waals surface area contributed by atoms with Crippen LogP contribution in [0.25, 0.3) is 6.08 Å². The molecule has 1 atom stereocenters. The second-order valence-corrected chi connectivity index (χ2v) is 6.81. The van der Waals surface area contributed by atoms with Gasteiger partial charge in [0.05, 0.1) is 10.3 Å². The Kier molecular flexibility index (Phi) is 2.83. The van der Waals surface area contributed by atoms with E-state index in [0.717, 1.165) is 11.3 Å². The summed E-state index contributed by atoms with van der Waals surface area (Å²) in [5.74, 6) is 0.663. The summed E-state index contributed by atoms with van der Waals surface area (Å²) in [6.45, 7) is 4.33. The van der Waals surface area contributed by atoms with E-state index in [0.29, 0.717) is 5.75 Å². The second kappa shape index (κ2) is 4.60. The first-order valence-electron chi connectivity index (χ1n) is 7.87. The SMILES string of the molecule is CN1c2ccccc2C(C)(C)C12C=Cc1cc([N+](=O)[O-])ccc1O2. The van der Waals surface area contributed by atoms with Gasteiger partial charge in [-0.1, -0.05) is 18.2 Å². The van der Waals surface area contributed by atoms with Crippen molar-refractivity contribution >= 4 is 17.5 Å². The van der Waals surface area contributed by atoms with E-state index in [1.54, 1.807) is 12.1 Å². The predicted octanol–water partition coefficient (Wildman–Crippen LogP) is 4.12. The minimum atomic E-state index is -0.653. The summed E-state index contributed by atoms with van der Waals surface area (Å²) in [6, 6.07) is 13.0. The number of nitro groups is 1. The molecule has 1 spiro atoms. The second-order valence-electron chi connectivity index (χ2n) is 6.81. The van der Waals surface area contributed by atoms with Crippen molar-refractivity contribution in [3.8, 4) is 5.75 Å². The molecule has 2 heterocycles. The maximum Gasteiger partial charge on any atom is 0.270 e. The summed E-state index contributed by atoms with van der Waals surface area (Å²) >= 11 is 0. The van der Waals surface area contributed by atoms with Crippen LogP contribution in [0.3, 0.4) is 0 Å². The van der Waals surface area contributed by atoms with Crippen LogP contribution < -0.4 is 9.64 Å². The van der Waals surface area contributed by atoms with Gasteiger partial charge >= 0.3 is 0 Å². The zero-order chi connectivity index (χ0) is 17.1. The van der Waals surface area contributed by atoms with Crippen LogP contribution in [-0.2, 0) is 5.41 Å². The fourth-order valence-corrected chi connectivity index (χ4v) is 3.88. The Labute approximate surface area is 140 Å². The molecule has 0 radical (unpaired) electrons. The number of benzene rings is 2. The highest BCUT2D eigenvalue weighted by atomic mass is 16.6. The fraction of sp³-hybridized carbons (Fsp3) is 0.263. The number of nitrogens with zero attached hydrogens (tertiary/aromatic N) is 2. The van der Waals surface area contributed by atoms with Crippen molar-refractivity contribution in [1.82, 2.24) is 0 Å². The van der Waals surface area contributed by atoms with Gasteiger partial charge in [0.1, 0.15) is 5.75 Å². The number of fused-ring (bicyclic) bond motifs is 2. The van der Waals surface area contributed by atoms with Crippen molar-refractivity contribution in [2.75, 3.05) is 11.9 Å². The van der Waals surface area contributed by atoms with E-state index in [4.69, 9.17) is 4.74 Å². The molecule has 0 saturated carbocycles. The molecule has 2 aliphatic heterocycles. The lowest BCUT2D eigenvalue weighted by Gasteiger charge is -2.45. The molecule has 2 aromatic rings. The molecular weight excluding hydrogens is 304 g/mol. The van der Waals surface area contributed by atoms with Gasteiger partial charge < -0.3 is 9.64 Å². The van der Waals surface area contributed by atoms with E-state index in [1.165, 1.54) is 11.6 Å². The van der Waals surface area contributed by atoms with Crippen molar-refractivity contribution in [2.45, 2.75) is 25.0 Å². The molecule has 5 heteroatoms. The van der Waals surface area contributed by atoms with Gasteiger partial charge in [0, 0.05) is 30.4 Å². The minimum Gasteiger partial charge on any atom is -0.463 e. The first-order valence-corrected chi connectivity index (χ1v) is 7.87. The normalized spacial score (nSPS) is 22.9. The van der Waals surface area contributed by atoms with Gasteiger partial charge in [-0.3, -0.25) is 10.1 Å². The number of hydrogen-bond acceptors (Lipinski definition) is 4. The number of rotatable bonds is 1. The van der Waals surface area contributed by atoms with Crippen LogP contribution in [0.2, 0.25) is 0 Å². The summed E-state index contributed by atoms with van der Waals surface area (Å²) in [7, 11) is 2.02. The number of nitro benzene ring substituents is 1. The lowest BCUT2D eigenvalue weighted by atomic mass is 9.76. The highest BCUT2D eigenvalue weighted by molar-refractivity contribution is 5.72. The molecule has 0 bridgehead atoms. The van der Waals surface area contributed by atoms with Gasteiger partial charge in [-0.2, -0.15) is 0 Å². The number of anilines is 1. The summed E-state index contributed by atoms with van der Waals surface area (Å²) in [6.07, 6.45) is 3.94. The molecule has 0 N–H and O–H groups in total. The van der Waals surface area contributed by atoms with E-state index >= 15 is 0 Å². The van der Waals surface area contributed by atoms with Crippen LogP contribution in [0.4, 0.5) is 11.4 Å². The third-order valence-electron chi connectivity index (χ3n) is 5.29. The molecule has 1 unspecified atom stereocenters. The monoisotopic (exact) mass is 322 g/mol. The highest BCUT2D eigenvalue weighted by Crippen LogP contribution is 2.54. The van der Waals surface area contributed by atoms with Crippen molar-refractivity contribution in [2.24, 2.45) is 0 Å². The molecule has 0 fully saturated rings. The molecule has 5 nitrogen and oxygen atoms in total. The van der Waals surface area contributed by atoms with Crippen LogP contribution >= 0.6 is 0 Å². The molecule has 0 amide bonds. The van der Waals surface area contributed by atoms with Gasteiger partial charge in [0.2, 0.25) is 5.72 Å². The molecule has 4 rings (SSSR count). The Morgan fingerprint density at radius 3 is 2.62 bits per heavy atom. The quantitative estimate of drug-likeness (QED) is 0.585. The maximum absolute atomic E-state index is 11.0. The van der Waals surface area contributed by atoms with Crippen LogP contribution in [0.1, 0.15) is 25.0 Å². The number of para-hydroxylation sites is 1. The van der Waals surface area contributed by atoms with E-state index in [9.17, 15) is 10.1 Å². The number of hydrogen-bond donors (Lipinski definition) is 0. The summed E-state index contributed by atoms with van der Waals surface area (Å²) in [4.78, 5) is 12.7. The molecule has 2 aliphatic rings. The van der Waals surface area contributed by atoms with Crippen molar-refractivity contribution in [3.63, 3.8) is 0 Å². The summed E-state index contributed by atoms with van der Waals surface area (Å²) in [5, 5.41) is 11.0. The Hall–Kier alpha value is -2.82. The third kappa shape index (κ3) is 1.69. The topological polar surface area (TPSA) is 55.6 Å².